The summed E-state index contributed by atoms with van der Waals surface area (Å²) in [6, 6.07) is 8.57. The molecule has 0 bridgehead atoms. The molecule has 3 N–H and O–H groups in total. The van der Waals surface area contributed by atoms with Gasteiger partial charge in [-0.15, -0.1) is 24.0 Å². The molecule has 0 amide bonds. The van der Waals surface area contributed by atoms with Gasteiger partial charge in [0, 0.05) is 19.7 Å². The zero-order valence-corrected chi connectivity index (χ0v) is 17.0. The van der Waals surface area contributed by atoms with Gasteiger partial charge in [0.1, 0.15) is 0 Å². The van der Waals surface area contributed by atoms with E-state index in [4.69, 9.17) is 10.5 Å². The van der Waals surface area contributed by atoms with E-state index in [2.05, 4.69) is 47.3 Å². The summed E-state index contributed by atoms with van der Waals surface area (Å²) in [4.78, 5) is 6.84. The minimum atomic E-state index is 0. The number of nitrogens with two attached hydrogens (primary N) is 1. The SMILES string of the molecule is CCN(CC)Cc1ccccc1CN=C(N)NC(C)COC.I. The van der Waals surface area contributed by atoms with Gasteiger partial charge in [-0.25, -0.2) is 4.99 Å². The molecule has 1 aromatic carbocycles. The molecule has 132 valence electrons. The Hall–Kier alpha value is -0.860. The molecular formula is C17H31IN4O. The third-order valence-electron chi connectivity index (χ3n) is 3.64. The van der Waals surface area contributed by atoms with Crippen LogP contribution in [0, 0.1) is 0 Å². The third kappa shape index (κ3) is 8.53. The summed E-state index contributed by atoms with van der Waals surface area (Å²) < 4.78 is 5.08. The minimum Gasteiger partial charge on any atom is -0.383 e. The maximum atomic E-state index is 5.93. The average Bonchev–Trinajstić information content (AvgIpc) is 2.51. The van der Waals surface area contributed by atoms with E-state index in [0.29, 0.717) is 19.1 Å². The van der Waals surface area contributed by atoms with E-state index in [1.807, 2.05) is 13.0 Å². The van der Waals surface area contributed by atoms with Gasteiger partial charge < -0.3 is 15.8 Å². The van der Waals surface area contributed by atoms with Crippen LogP contribution in [0.4, 0.5) is 0 Å². The van der Waals surface area contributed by atoms with Crippen LogP contribution in [0.2, 0.25) is 0 Å². The third-order valence-corrected chi connectivity index (χ3v) is 3.64. The van der Waals surface area contributed by atoms with Gasteiger partial charge in [0.05, 0.1) is 13.2 Å². The van der Waals surface area contributed by atoms with E-state index < -0.39 is 0 Å². The summed E-state index contributed by atoms with van der Waals surface area (Å²) in [6.07, 6.45) is 0. The Labute approximate surface area is 157 Å². The number of halogens is 1. The Morgan fingerprint density at radius 2 is 1.87 bits per heavy atom. The fourth-order valence-corrected chi connectivity index (χ4v) is 2.31. The molecule has 0 radical (unpaired) electrons. The van der Waals surface area contributed by atoms with Crippen LogP contribution in [0.25, 0.3) is 0 Å². The average molecular weight is 434 g/mol. The second-order valence-electron chi connectivity index (χ2n) is 5.43. The first-order valence-corrected chi connectivity index (χ1v) is 7.95. The van der Waals surface area contributed by atoms with Crippen molar-refractivity contribution in [1.82, 2.24) is 10.2 Å². The van der Waals surface area contributed by atoms with Crippen LogP contribution >= 0.6 is 24.0 Å². The summed E-state index contributed by atoms with van der Waals surface area (Å²) in [5, 5.41) is 3.13. The molecule has 0 aliphatic rings. The van der Waals surface area contributed by atoms with Crippen molar-refractivity contribution in [3.05, 3.63) is 35.4 Å². The Morgan fingerprint density at radius 3 is 2.43 bits per heavy atom. The van der Waals surface area contributed by atoms with E-state index in [9.17, 15) is 0 Å². The highest BCUT2D eigenvalue weighted by atomic mass is 127. The Bertz CT molecular complexity index is 464. The smallest absolute Gasteiger partial charge is 0.189 e. The first-order valence-electron chi connectivity index (χ1n) is 7.95. The van der Waals surface area contributed by atoms with E-state index in [1.54, 1.807) is 7.11 Å². The van der Waals surface area contributed by atoms with Gasteiger partial charge in [0.15, 0.2) is 5.96 Å². The number of methoxy groups -OCH3 is 1. The van der Waals surface area contributed by atoms with Crippen molar-refractivity contribution in [2.24, 2.45) is 10.7 Å². The van der Waals surface area contributed by atoms with Crippen molar-refractivity contribution in [3.8, 4) is 0 Å². The first kappa shape index (κ1) is 22.1. The molecule has 1 atom stereocenters. The lowest BCUT2D eigenvalue weighted by atomic mass is 10.1. The zero-order chi connectivity index (χ0) is 16.4. The maximum Gasteiger partial charge on any atom is 0.189 e. The van der Waals surface area contributed by atoms with Crippen LogP contribution in [0.3, 0.4) is 0 Å². The number of nitrogens with zero attached hydrogens (tertiary/aromatic N) is 2. The molecule has 23 heavy (non-hydrogen) atoms. The molecule has 1 unspecified atom stereocenters. The van der Waals surface area contributed by atoms with Gasteiger partial charge in [-0.3, -0.25) is 4.90 Å². The van der Waals surface area contributed by atoms with Crippen molar-refractivity contribution in [3.63, 3.8) is 0 Å². The zero-order valence-electron chi connectivity index (χ0n) is 14.7. The van der Waals surface area contributed by atoms with E-state index >= 15 is 0 Å². The van der Waals surface area contributed by atoms with Gasteiger partial charge in [-0.1, -0.05) is 38.1 Å². The number of hydrogen-bond acceptors (Lipinski definition) is 3. The van der Waals surface area contributed by atoms with Crippen molar-refractivity contribution >= 4 is 29.9 Å². The van der Waals surface area contributed by atoms with E-state index in [-0.39, 0.29) is 30.0 Å². The minimum absolute atomic E-state index is 0. The van der Waals surface area contributed by atoms with Crippen LogP contribution in [-0.4, -0.2) is 43.7 Å². The predicted octanol–water partition coefficient (Wildman–Crippen LogP) is 2.59. The van der Waals surface area contributed by atoms with Gasteiger partial charge in [0.25, 0.3) is 0 Å². The molecule has 1 aromatic rings. The molecule has 0 heterocycles. The molecule has 0 fully saturated rings. The van der Waals surface area contributed by atoms with Crippen molar-refractivity contribution in [1.29, 1.82) is 0 Å². The molecule has 0 spiro atoms. The lowest BCUT2D eigenvalue weighted by molar-refractivity contribution is 0.179. The molecule has 5 nitrogen and oxygen atoms in total. The highest BCUT2D eigenvalue weighted by Gasteiger charge is 2.06. The normalized spacial score (nSPS) is 12.8. The highest BCUT2D eigenvalue weighted by molar-refractivity contribution is 14.0. The van der Waals surface area contributed by atoms with Gasteiger partial charge in [0.2, 0.25) is 0 Å². The van der Waals surface area contributed by atoms with Gasteiger partial charge in [-0.05, 0) is 31.1 Å². The van der Waals surface area contributed by atoms with Crippen molar-refractivity contribution in [2.45, 2.75) is 39.9 Å². The molecule has 0 aliphatic carbocycles. The molecule has 0 aromatic heterocycles. The number of nitrogens with one attached hydrogen (secondary N) is 1. The predicted molar refractivity (Wildman–Crippen MR) is 108 cm³/mol. The van der Waals surface area contributed by atoms with E-state index in [0.717, 1.165) is 19.6 Å². The Kier molecular flexibility index (Phi) is 12.1. The molecule has 0 saturated carbocycles. The molecule has 0 saturated heterocycles. The van der Waals surface area contributed by atoms with Crippen LogP contribution in [0.5, 0.6) is 0 Å². The number of benzene rings is 1. The molecular weight excluding hydrogens is 403 g/mol. The fraction of sp³-hybridized carbons (Fsp3) is 0.588. The summed E-state index contributed by atoms with van der Waals surface area (Å²) in [6.45, 7) is 10.6. The van der Waals surface area contributed by atoms with Crippen LogP contribution in [-0.2, 0) is 17.8 Å². The maximum absolute atomic E-state index is 5.93. The lowest BCUT2D eigenvalue weighted by Crippen LogP contribution is -2.40. The second kappa shape index (κ2) is 12.5. The van der Waals surface area contributed by atoms with Crippen molar-refractivity contribution < 1.29 is 4.74 Å². The number of rotatable bonds is 9. The van der Waals surface area contributed by atoms with Gasteiger partial charge in [-0.2, -0.15) is 0 Å². The summed E-state index contributed by atoms with van der Waals surface area (Å²) in [7, 11) is 1.68. The summed E-state index contributed by atoms with van der Waals surface area (Å²) >= 11 is 0. The Morgan fingerprint density at radius 1 is 1.26 bits per heavy atom. The van der Waals surface area contributed by atoms with Crippen LogP contribution in [0.1, 0.15) is 31.9 Å². The first-order chi connectivity index (χ1) is 10.6. The molecule has 0 aliphatic heterocycles. The Balaban J connectivity index is 0.00000484. The monoisotopic (exact) mass is 434 g/mol. The largest absolute Gasteiger partial charge is 0.383 e. The second-order valence-corrected chi connectivity index (χ2v) is 5.43. The number of ether oxygens (including phenoxy) is 1. The number of aliphatic imine (C=N–C) groups is 1. The fourth-order valence-electron chi connectivity index (χ4n) is 2.31. The van der Waals surface area contributed by atoms with E-state index in [1.165, 1.54) is 11.1 Å². The number of guanidine groups is 1. The molecule has 1 rings (SSSR count). The quantitative estimate of drug-likeness (QED) is 0.356. The van der Waals surface area contributed by atoms with Crippen LogP contribution in [0.15, 0.2) is 29.3 Å². The van der Waals surface area contributed by atoms with Crippen molar-refractivity contribution in [2.75, 3.05) is 26.8 Å². The summed E-state index contributed by atoms with van der Waals surface area (Å²) in [5.41, 5.74) is 8.46. The lowest BCUT2D eigenvalue weighted by Gasteiger charge is -2.20. The molecule has 6 heteroatoms. The summed E-state index contributed by atoms with van der Waals surface area (Å²) in [5.74, 6) is 0.460. The number of hydrogen-bond donors (Lipinski definition) is 2. The highest BCUT2D eigenvalue weighted by Crippen LogP contribution is 2.12. The van der Waals surface area contributed by atoms with Gasteiger partial charge >= 0.3 is 0 Å². The topological polar surface area (TPSA) is 62.9 Å². The standard InChI is InChI=1S/C17H30N4O.HI/c1-5-21(6-2)12-16-10-8-7-9-15(16)11-19-17(18)20-14(3)13-22-4;/h7-10,14H,5-6,11-13H2,1-4H3,(H3,18,19,20);1H. The van der Waals surface area contributed by atoms with Crippen LogP contribution < -0.4 is 11.1 Å².